The highest BCUT2D eigenvalue weighted by molar-refractivity contribution is 7.98. The standard InChI is InChI=1S/C14H19ClN2OS.ClH/c1-16-10-5-7-17(8-6-10)14(18)12-9-11(19-2)3-4-13(12)15;/h3-4,9-10,16H,5-8H2,1-2H3;1H. The Morgan fingerprint density at radius 3 is 2.60 bits per heavy atom. The van der Waals surface area contributed by atoms with Crippen LogP contribution in [0, 0.1) is 0 Å². The van der Waals surface area contributed by atoms with Gasteiger partial charge in [0.15, 0.2) is 0 Å². The van der Waals surface area contributed by atoms with Crippen molar-refractivity contribution in [1.29, 1.82) is 0 Å². The highest BCUT2D eigenvalue weighted by Gasteiger charge is 2.24. The van der Waals surface area contributed by atoms with Crippen LogP contribution in [0.4, 0.5) is 0 Å². The molecule has 2 rings (SSSR count). The van der Waals surface area contributed by atoms with Crippen LogP contribution in [-0.2, 0) is 0 Å². The molecule has 1 N–H and O–H groups in total. The Bertz CT molecular complexity index is 462. The maximum absolute atomic E-state index is 12.5. The topological polar surface area (TPSA) is 32.3 Å². The lowest BCUT2D eigenvalue weighted by Gasteiger charge is -2.32. The summed E-state index contributed by atoms with van der Waals surface area (Å²) in [7, 11) is 1.97. The van der Waals surface area contributed by atoms with E-state index in [4.69, 9.17) is 11.6 Å². The van der Waals surface area contributed by atoms with E-state index in [1.807, 2.05) is 30.3 Å². The van der Waals surface area contributed by atoms with Gasteiger partial charge in [0.05, 0.1) is 10.6 Å². The van der Waals surface area contributed by atoms with E-state index in [2.05, 4.69) is 5.32 Å². The van der Waals surface area contributed by atoms with Crippen molar-refractivity contribution >= 4 is 41.7 Å². The highest BCUT2D eigenvalue weighted by atomic mass is 35.5. The zero-order valence-electron chi connectivity index (χ0n) is 11.7. The summed E-state index contributed by atoms with van der Waals surface area (Å²) < 4.78 is 0. The quantitative estimate of drug-likeness (QED) is 0.860. The molecule has 0 spiro atoms. The molecule has 0 aliphatic carbocycles. The minimum absolute atomic E-state index is 0. The molecule has 0 radical (unpaired) electrons. The molecule has 0 atom stereocenters. The summed E-state index contributed by atoms with van der Waals surface area (Å²) in [6, 6.07) is 6.16. The predicted molar refractivity (Wildman–Crippen MR) is 88.5 cm³/mol. The molecule has 1 heterocycles. The van der Waals surface area contributed by atoms with E-state index in [1.54, 1.807) is 17.8 Å². The van der Waals surface area contributed by atoms with Crippen molar-refractivity contribution in [3.8, 4) is 0 Å². The molecular formula is C14H20Cl2N2OS. The molecule has 1 aliphatic heterocycles. The van der Waals surface area contributed by atoms with E-state index in [-0.39, 0.29) is 18.3 Å². The van der Waals surface area contributed by atoms with E-state index in [0.717, 1.165) is 30.8 Å². The zero-order chi connectivity index (χ0) is 13.8. The van der Waals surface area contributed by atoms with Crippen LogP contribution in [0.25, 0.3) is 0 Å². The first kappa shape index (κ1) is 17.6. The Morgan fingerprint density at radius 2 is 2.05 bits per heavy atom. The summed E-state index contributed by atoms with van der Waals surface area (Å²) in [4.78, 5) is 15.5. The van der Waals surface area contributed by atoms with Crippen molar-refractivity contribution < 1.29 is 4.79 Å². The third-order valence-electron chi connectivity index (χ3n) is 3.59. The fraction of sp³-hybridized carbons (Fsp3) is 0.500. The van der Waals surface area contributed by atoms with Crippen molar-refractivity contribution in [2.24, 2.45) is 0 Å². The number of nitrogens with zero attached hydrogens (tertiary/aromatic N) is 1. The minimum atomic E-state index is 0. The molecule has 1 amide bonds. The van der Waals surface area contributed by atoms with Crippen LogP contribution in [0.3, 0.4) is 0 Å². The summed E-state index contributed by atoms with van der Waals surface area (Å²) >= 11 is 7.77. The number of amides is 1. The SMILES string of the molecule is CNC1CCN(C(=O)c2cc(SC)ccc2Cl)CC1.Cl. The average molecular weight is 335 g/mol. The number of thioether (sulfide) groups is 1. The Hall–Kier alpha value is -0.420. The van der Waals surface area contributed by atoms with Gasteiger partial charge in [-0.15, -0.1) is 24.2 Å². The highest BCUT2D eigenvalue weighted by Crippen LogP contribution is 2.25. The van der Waals surface area contributed by atoms with Gasteiger partial charge < -0.3 is 10.2 Å². The van der Waals surface area contributed by atoms with Gasteiger partial charge in [-0.25, -0.2) is 0 Å². The summed E-state index contributed by atoms with van der Waals surface area (Å²) in [5.74, 6) is 0.0513. The van der Waals surface area contributed by atoms with Gasteiger partial charge in [-0.05, 0) is 44.3 Å². The Kier molecular flexibility index (Phi) is 7.17. The molecule has 1 fully saturated rings. The fourth-order valence-electron chi connectivity index (χ4n) is 2.34. The Labute approximate surface area is 135 Å². The number of piperidine rings is 1. The van der Waals surface area contributed by atoms with Crippen LogP contribution < -0.4 is 5.32 Å². The second-order valence-electron chi connectivity index (χ2n) is 4.70. The lowest BCUT2D eigenvalue weighted by molar-refractivity contribution is 0.0707. The monoisotopic (exact) mass is 334 g/mol. The number of likely N-dealkylation sites (tertiary alicyclic amines) is 1. The number of nitrogens with one attached hydrogen (secondary N) is 1. The zero-order valence-corrected chi connectivity index (χ0v) is 14.1. The summed E-state index contributed by atoms with van der Waals surface area (Å²) in [6.45, 7) is 1.59. The van der Waals surface area contributed by atoms with Gasteiger partial charge in [0.25, 0.3) is 5.91 Å². The smallest absolute Gasteiger partial charge is 0.255 e. The molecular weight excluding hydrogens is 315 g/mol. The Balaban J connectivity index is 0.00000200. The van der Waals surface area contributed by atoms with E-state index in [0.29, 0.717) is 16.6 Å². The van der Waals surface area contributed by atoms with Gasteiger partial charge >= 0.3 is 0 Å². The van der Waals surface area contributed by atoms with Crippen LogP contribution in [0.1, 0.15) is 23.2 Å². The first-order valence-electron chi connectivity index (χ1n) is 6.45. The predicted octanol–water partition coefficient (Wildman–Crippen LogP) is 3.31. The number of hydrogen-bond donors (Lipinski definition) is 1. The lowest BCUT2D eigenvalue weighted by atomic mass is 10.0. The average Bonchev–Trinajstić information content (AvgIpc) is 2.47. The van der Waals surface area contributed by atoms with Gasteiger partial charge in [-0.3, -0.25) is 4.79 Å². The second kappa shape index (κ2) is 8.13. The fourth-order valence-corrected chi connectivity index (χ4v) is 2.98. The van der Waals surface area contributed by atoms with Crippen LogP contribution >= 0.6 is 35.8 Å². The molecule has 20 heavy (non-hydrogen) atoms. The largest absolute Gasteiger partial charge is 0.338 e. The molecule has 1 aromatic rings. The van der Waals surface area contributed by atoms with E-state index < -0.39 is 0 Å². The summed E-state index contributed by atoms with van der Waals surface area (Å²) in [6.07, 6.45) is 4.00. The molecule has 6 heteroatoms. The molecule has 1 aliphatic rings. The van der Waals surface area contributed by atoms with E-state index in [1.165, 1.54) is 0 Å². The van der Waals surface area contributed by atoms with E-state index >= 15 is 0 Å². The van der Waals surface area contributed by atoms with Crippen molar-refractivity contribution in [2.75, 3.05) is 26.4 Å². The normalized spacial score (nSPS) is 15.8. The number of benzene rings is 1. The first-order valence-corrected chi connectivity index (χ1v) is 8.06. The third kappa shape index (κ3) is 4.04. The maximum atomic E-state index is 12.5. The number of halogens is 2. The molecule has 1 saturated heterocycles. The van der Waals surface area contributed by atoms with Crippen LogP contribution in [0.5, 0.6) is 0 Å². The number of rotatable bonds is 3. The van der Waals surface area contributed by atoms with Gasteiger partial charge in [-0.2, -0.15) is 0 Å². The lowest BCUT2D eigenvalue weighted by Crippen LogP contribution is -2.44. The van der Waals surface area contributed by atoms with Gasteiger partial charge in [0, 0.05) is 24.0 Å². The molecule has 1 aromatic carbocycles. The van der Waals surface area contributed by atoms with Crippen LogP contribution in [-0.4, -0.2) is 43.2 Å². The molecule has 3 nitrogen and oxygen atoms in total. The van der Waals surface area contributed by atoms with Gasteiger partial charge in [0.1, 0.15) is 0 Å². The van der Waals surface area contributed by atoms with Crippen molar-refractivity contribution in [1.82, 2.24) is 10.2 Å². The molecule has 0 bridgehead atoms. The van der Waals surface area contributed by atoms with E-state index in [9.17, 15) is 4.79 Å². The third-order valence-corrected chi connectivity index (χ3v) is 4.65. The summed E-state index contributed by atoms with van der Waals surface area (Å²) in [5.41, 5.74) is 0.622. The Morgan fingerprint density at radius 1 is 1.40 bits per heavy atom. The van der Waals surface area contributed by atoms with Crippen LogP contribution in [0.2, 0.25) is 5.02 Å². The maximum Gasteiger partial charge on any atom is 0.255 e. The number of carbonyl (C=O) groups is 1. The number of carbonyl (C=O) groups excluding carboxylic acids is 1. The molecule has 0 saturated carbocycles. The minimum Gasteiger partial charge on any atom is -0.338 e. The number of hydrogen-bond acceptors (Lipinski definition) is 3. The van der Waals surface area contributed by atoms with Crippen molar-refractivity contribution in [2.45, 2.75) is 23.8 Å². The first-order chi connectivity index (χ1) is 9.15. The van der Waals surface area contributed by atoms with Crippen molar-refractivity contribution in [3.63, 3.8) is 0 Å². The second-order valence-corrected chi connectivity index (χ2v) is 5.99. The molecule has 0 unspecified atom stereocenters. The molecule has 0 aromatic heterocycles. The summed E-state index contributed by atoms with van der Waals surface area (Å²) in [5, 5.41) is 3.81. The van der Waals surface area contributed by atoms with Gasteiger partial charge in [0.2, 0.25) is 0 Å². The van der Waals surface area contributed by atoms with Crippen molar-refractivity contribution in [3.05, 3.63) is 28.8 Å². The van der Waals surface area contributed by atoms with Gasteiger partial charge in [-0.1, -0.05) is 11.6 Å². The van der Waals surface area contributed by atoms with Crippen LogP contribution in [0.15, 0.2) is 23.1 Å². The molecule has 112 valence electrons.